The summed E-state index contributed by atoms with van der Waals surface area (Å²) in [5, 5.41) is 3.09. The molecule has 0 spiro atoms. The Kier molecular flexibility index (Phi) is 4.13. The van der Waals surface area contributed by atoms with Crippen LogP contribution in [0, 0.1) is 6.92 Å². The first-order valence-corrected chi connectivity index (χ1v) is 4.77. The molecule has 1 rings (SSSR count). The molecule has 3 nitrogen and oxygen atoms in total. The first-order chi connectivity index (χ1) is 6.74. The molecule has 0 saturated carbocycles. The van der Waals surface area contributed by atoms with Gasteiger partial charge in [0.05, 0.1) is 0 Å². The number of aryl methyl sites for hydroxylation is 1. The van der Waals surface area contributed by atoms with Gasteiger partial charge in [-0.1, -0.05) is 12.2 Å². The van der Waals surface area contributed by atoms with Crippen LogP contribution in [0.5, 0.6) is 0 Å². The zero-order chi connectivity index (χ0) is 10.4. The van der Waals surface area contributed by atoms with Crippen molar-refractivity contribution in [1.29, 1.82) is 0 Å². The van der Waals surface area contributed by atoms with Crippen LogP contribution in [-0.2, 0) is 0 Å². The smallest absolute Gasteiger partial charge is 0.123 e. The van der Waals surface area contributed by atoms with Crippen LogP contribution in [0.4, 0.5) is 5.82 Å². The van der Waals surface area contributed by atoms with Crippen molar-refractivity contribution >= 4 is 11.9 Å². The topological polar surface area (TPSA) is 50.9 Å². The normalized spacial score (nSPS) is 11.0. The minimum atomic E-state index is 0.579. The quantitative estimate of drug-likeness (QED) is 0.711. The minimum Gasteiger partial charge on any atom is -0.384 e. The summed E-state index contributed by atoms with van der Waals surface area (Å²) in [4.78, 5) is 4.05. The molecule has 0 aromatic carbocycles. The lowest BCUT2D eigenvalue weighted by molar-refractivity contribution is 0.809. The third-order valence-electron chi connectivity index (χ3n) is 2.03. The highest BCUT2D eigenvalue weighted by atomic mass is 14.8. The molecular formula is C11H17N3. The molecule has 1 heterocycles. The zero-order valence-electron chi connectivity index (χ0n) is 8.75. The van der Waals surface area contributed by atoms with Crippen molar-refractivity contribution in [3.8, 4) is 0 Å². The van der Waals surface area contributed by atoms with E-state index in [-0.39, 0.29) is 0 Å². The standard InChI is InChI=1S/C11H17N3/c1-9-7-11(12)14-8-10(9)5-3-4-6-13-2/h3,5,7-8,13H,4,6H2,1-2H3,(H2,12,14). The highest BCUT2D eigenvalue weighted by molar-refractivity contribution is 5.54. The summed E-state index contributed by atoms with van der Waals surface area (Å²) in [5.41, 5.74) is 7.86. The predicted octanol–water partition coefficient (Wildman–Crippen LogP) is 1.59. The first-order valence-electron chi connectivity index (χ1n) is 4.77. The van der Waals surface area contributed by atoms with Gasteiger partial charge in [0.1, 0.15) is 5.82 Å². The highest BCUT2D eigenvalue weighted by Gasteiger charge is 1.94. The molecule has 0 bridgehead atoms. The number of anilines is 1. The molecular weight excluding hydrogens is 174 g/mol. The second kappa shape index (κ2) is 5.40. The number of aromatic nitrogens is 1. The van der Waals surface area contributed by atoms with E-state index in [1.54, 1.807) is 6.20 Å². The van der Waals surface area contributed by atoms with E-state index in [4.69, 9.17) is 5.73 Å². The van der Waals surface area contributed by atoms with Crippen molar-refractivity contribution in [3.63, 3.8) is 0 Å². The van der Waals surface area contributed by atoms with Gasteiger partial charge in [-0.25, -0.2) is 4.98 Å². The lowest BCUT2D eigenvalue weighted by atomic mass is 10.1. The SMILES string of the molecule is CNCCC=Cc1cnc(N)cc1C. The summed E-state index contributed by atoms with van der Waals surface area (Å²) in [6.07, 6.45) is 7.05. The van der Waals surface area contributed by atoms with Crippen molar-refractivity contribution in [1.82, 2.24) is 10.3 Å². The van der Waals surface area contributed by atoms with Crippen LogP contribution in [0.3, 0.4) is 0 Å². The summed E-state index contributed by atoms with van der Waals surface area (Å²) in [6, 6.07) is 1.89. The molecule has 0 fully saturated rings. The van der Waals surface area contributed by atoms with Crippen LogP contribution < -0.4 is 11.1 Å². The highest BCUT2D eigenvalue weighted by Crippen LogP contribution is 2.11. The third-order valence-corrected chi connectivity index (χ3v) is 2.03. The number of nitrogens with one attached hydrogen (secondary N) is 1. The summed E-state index contributed by atoms with van der Waals surface area (Å²) in [6.45, 7) is 3.04. The summed E-state index contributed by atoms with van der Waals surface area (Å²) in [7, 11) is 1.95. The number of rotatable bonds is 4. The van der Waals surface area contributed by atoms with Gasteiger partial charge in [-0.15, -0.1) is 0 Å². The molecule has 0 saturated heterocycles. The van der Waals surface area contributed by atoms with E-state index in [2.05, 4.69) is 22.5 Å². The lowest BCUT2D eigenvalue weighted by Gasteiger charge is -2.00. The van der Waals surface area contributed by atoms with Gasteiger partial charge in [0.15, 0.2) is 0 Å². The fraction of sp³-hybridized carbons (Fsp3) is 0.364. The molecule has 0 radical (unpaired) electrons. The van der Waals surface area contributed by atoms with Gasteiger partial charge in [0.25, 0.3) is 0 Å². The molecule has 14 heavy (non-hydrogen) atoms. The van der Waals surface area contributed by atoms with E-state index >= 15 is 0 Å². The number of hydrogen-bond donors (Lipinski definition) is 2. The maximum absolute atomic E-state index is 5.56. The minimum absolute atomic E-state index is 0.579. The molecule has 0 aliphatic carbocycles. The van der Waals surface area contributed by atoms with Crippen molar-refractivity contribution in [2.24, 2.45) is 0 Å². The Labute approximate surface area is 85.0 Å². The zero-order valence-corrected chi connectivity index (χ0v) is 8.75. The number of hydrogen-bond acceptors (Lipinski definition) is 3. The van der Waals surface area contributed by atoms with Crippen LogP contribution in [0.15, 0.2) is 18.3 Å². The summed E-state index contributed by atoms with van der Waals surface area (Å²) in [5.74, 6) is 0.579. The Morgan fingerprint density at radius 1 is 1.57 bits per heavy atom. The van der Waals surface area contributed by atoms with Crippen LogP contribution in [0.2, 0.25) is 0 Å². The Morgan fingerprint density at radius 2 is 2.36 bits per heavy atom. The number of nitrogens with zero attached hydrogens (tertiary/aromatic N) is 1. The molecule has 0 aliphatic heterocycles. The van der Waals surface area contributed by atoms with Crippen LogP contribution >= 0.6 is 0 Å². The van der Waals surface area contributed by atoms with Gasteiger partial charge in [0.2, 0.25) is 0 Å². The van der Waals surface area contributed by atoms with Gasteiger partial charge in [-0.05, 0) is 44.1 Å². The fourth-order valence-corrected chi connectivity index (χ4v) is 1.20. The Balaban J connectivity index is 2.62. The van der Waals surface area contributed by atoms with Crippen molar-refractivity contribution in [3.05, 3.63) is 29.5 Å². The van der Waals surface area contributed by atoms with E-state index in [1.807, 2.05) is 20.0 Å². The molecule has 0 atom stereocenters. The fourth-order valence-electron chi connectivity index (χ4n) is 1.20. The van der Waals surface area contributed by atoms with Crippen LogP contribution in [0.25, 0.3) is 6.08 Å². The molecule has 0 unspecified atom stereocenters. The average Bonchev–Trinajstić information content (AvgIpc) is 2.15. The second-order valence-electron chi connectivity index (χ2n) is 3.26. The van der Waals surface area contributed by atoms with E-state index in [9.17, 15) is 0 Å². The second-order valence-corrected chi connectivity index (χ2v) is 3.26. The summed E-state index contributed by atoms with van der Waals surface area (Å²) >= 11 is 0. The van der Waals surface area contributed by atoms with E-state index in [0.29, 0.717) is 5.82 Å². The van der Waals surface area contributed by atoms with Crippen LogP contribution in [0.1, 0.15) is 17.5 Å². The number of nitrogen functional groups attached to an aromatic ring is 1. The molecule has 3 heteroatoms. The molecule has 76 valence electrons. The number of pyridine rings is 1. The van der Waals surface area contributed by atoms with Crippen molar-refractivity contribution in [2.75, 3.05) is 19.3 Å². The van der Waals surface area contributed by atoms with Gasteiger partial charge in [-0.2, -0.15) is 0 Å². The van der Waals surface area contributed by atoms with E-state index in [1.165, 1.54) is 5.56 Å². The van der Waals surface area contributed by atoms with Crippen LogP contribution in [-0.4, -0.2) is 18.6 Å². The molecule has 3 N–H and O–H groups in total. The van der Waals surface area contributed by atoms with Gasteiger partial charge in [-0.3, -0.25) is 0 Å². The Hall–Kier alpha value is -1.35. The van der Waals surface area contributed by atoms with Crippen molar-refractivity contribution in [2.45, 2.75) is 13.3 Å². The van der Waals surface area contributed by atoms with Gasteiger partial charge in [0, 0.05) is 6.20 Å². The molecule has 1 aromatic rings. The monoisotopic (exact) mass is 191 g/mol. The molecule has 1 aromatic heterocycles. The number of nitrogens with two attached hydrogens (primary N) is 1. The van der Waals surface area contributed by atoms with E-state index < -0.39 is 0 Å². The largest absolute Gasteiger partial charge is 0.384 e. The lowest BCUT2D eigenvalue weighted by Crippen LogP contribution is -2.05. The maximum Gasteiger partial charge on any atom is 0.123 e. The first kappa shape index (κ1) is 10.7. The average molecular weight is 191 g/mol. The molecule has 0 amide bonds. The van der Waals surface area contributed by atoms with Gasteiger partial charge < -0.3 is 11.1 Å². The van der Waals surface area contributed by atoms with Gasteiger partial charge >= 0.3 is 0 Å². The summed E-state index contributed by atoms with van der Waals surface area (Å²) < 4.78 is 0. The maximum atomic E-state index is 5.56. The Bertz CT molecular complexity index is 318. The Morgan fingerprint density at radius 3 is 3.00 bits per heavy atom. The predicted molar refractivity (Wildman–Crippen MR) is 61.0 cm³/mol. The van der Waals surface area contributed by atoms with E-state index in [0.717, 1.165) is 18.5 Å². The molecule has 0 aliphatic rings. The third kappa shape index (κ3) is 3.18. The van der Waals surface area contributed by atoms with Crippen molar-refractivity contribution < 1.29 is 0 Å².